The van der Waals surface area contributed by atoms with Crippen molar-refractivity contribution in [3.63, 3.8) is 0 Å². The van der Waals surface area contributed by atoms with Gasteiger partial charge in [0.1, 0.15) is 0 Å². The van der Waals surface area contributed by atoms with E-state index < -0.39 is 28.7 Å². The molecule has 6 heteroatoms. The molecule has 0 aliphatic heterocycles. The summed E-state index contributed by atoms with van der Waals surface area (Å²) in [7, 11) is 0. The van der Waals surface area contributed by atoms with Gasteiger partial charge < -0.3 is 11.1 Å². The standard InChI is InChI=1S/C12H15F3N2O/c1-11(2,7-16)17-10(18)8-5-3-4-6-9(8)12(13,14)15/h3-6H,7,16H2,1-2H3,(H,17,18). The van der Waals surface area contributed by atoms with E-state index in [4.69, 9.17) is 5.73 Å². The molecule has 0 bridgehead atoms. The Balaban J connectivity index is 3.07. The highest BCUT2D eigenvalue weighted by Crippen LogP contribution is 2.31. The molecule has 0 heterocycles. The third-order valence-electron chi connectivity index (χ3n) is 2.44. The van der Waals surface area contributed by atoms with Crippen molar-refractivity contribution in [3.8, 4) is 0 Å². The summed E-state index contributed by atoms with van der Waals surface area (Å²) in [4.78, 5) is 11.8. The summed E-state index contributed by atoms with van der Waals surface area (Å²) >= 11 is 0. The van der Waals surface area contributed by atoms with Crippen LogP contribution >= 0.6 is 0 Å². The van der Waals surface area contributed by atoms with Crippen LogP contribution in [0.25, 0.3) is 0 Å². The fourth-order valence-corrected chi connectivity index (χ4v) is 1.35. The van der Waals surface area contributed by atoms with Crippen LogP contribution in [0.2, 0.25) is 0 Å². The number of benzene rings is 1. The molecule has 1 aromatic rings. The van der Waals surface area contributed by atoms with E-state index in [1.807, 2.05) is 0 Å². The van der Waals surface area contributed by atoms with Crippen molar-refractivity contribution in [3.05, 3.63) is 35.4 Å². The number of nitrogens with two attached hydrogens (primary N) is 1. The lowest BCUT2D eigenvalue weighted by Gasteiger charge is -2.25. The molecule has 0 atom stereocenters. The molecule has 0 saturated heterocycles. The first-order valence-corrected chi connectivity index (χ1v) is 5.36. The minimum absolute atomic E-state index is 0.132. The number of halogens is 3. The zero-order chi connectivity index (χ0) is 14.0. The van der Waals surface area contributed by atoms with E-state index in [-0.39, 0.29) is 6.54 Å². The first-order valence-electron chi connectivity index (χ1n) is 5.36. The molecule has 0 fully saturated rings. The van der Waals surface area contributed by atoms with Crippen LogP contribution in [0.5, 0.6) is 0 Å². The number of alkyl halides is 3. The van der Waals surface area contributed by atoms with Gasteiger partial charge in [-0.1, -0.05) is 12.1 Å². The number of hydrogen-bond acceptors (Lipinski definition) is 2. The predicted octanol–water partition coefficient (Wildman–Crippen LogP) is 2.17. The van der Waals surface area contributed by atoms with Gasteiger partial charge in [0.25, 0.3) is 5.91 Å². The van der Waals surface area contributed by atoms with Crippen LogP contribution in [-0.2, 0) is 6.18 Å². The molecule has 0 aromatic heterocycles. The van der Waals surface area contributed by atoms with E-state index in [0.29, 0.717) is 0 Å². The van der Waals surface area contributed by atoms with Crippen molar-refractivity contribution in [1.29, 1.82) is 0 Å². The van der Waals surface area contributed by atoms with Crippen LogP contribution in [0, 0.1) is 0 Å². The van der Waals surface area contributed by atoms with Gasteiger partial charge in [-0.05, 0) is 26.0 Å². The predicted molar refractivity (Wildman–Crippen MR) is 62.0 cm³/mol. The minimum Gasteiger partial charge on any atom is -0.346 e. The molecule has 0 spiro atoms. The number of amides is 1. The molecule has 3 N–H and O–H groups in total. The molecule has 3 nitrogen and oxygen atoms in total. The van der Waals surface area contributed by atoms with Crippen molar-refractivity contribution in [1.82, 2.24) is 5.32 Å². The largest absolute Gasteiger partial charge is 0.417 e. The molecular formula is C12H15F3N2O. The second-order valence-electron chi connectivity index (χ2n) is 4.59. The molecule has 18 heavy (non-hydrogen) atoms. The Labute approximate surface area is 103 Å². The van der Waals surface area contributed by atoms with Gasteiger partial charge in [0.2, 0.25) is 0 Å². The summed E-state index contributed by atoms with van der Waals surface area (Å²) < 4.78 is 38.2. The molecule has 0 unspecified atom stereocenters. The molecule has 1 aromatic carbocycles. The number of hydrogen-bond donors (Lipinski definition) is 2. The van der Waals surface area contributed by atoms with Crippen molar-refractivity contribution in [2.24, 2.45) is 5.73 Å². The smallest absolute Gasteiger partial charge is 0.346 e. The summed E-state index contributed by atoms with van der Waals surface area (Å²) in [6.07, 6.45) is -4.55. The molecule has 1 amide bonds. The second-order valence-corrected chi connectivity index (χ2v) is 4.59. The van der Waals surface area contributed by atoms with Crippen molar-refractivity contribution < 1.29 is 18.0 Å². The van der Waals surface area contributed by atoms with Gasteiger partial charge in [0.15, 0.2) is 0 Å². The summed E-state index contributed by atoms with van der Waals surface area (Å²) in [5, 5.41) is 2.47. The molecule has 0 aliphatic rings. The maximum Gasteiger partial charge on any atom is 0.417 e. The molecule has 0 aliphatic carbocycles. The van der Waals surface area contributed by atoms with E-state index in [2.05, 4.69) is 5.32 Å². The van der Waals surface area contributed by atoms with E-state index in [1.165, 1.54) is 12.1 Å². The van der Waals surface area contributed by atoms with Crippen LogP contribution in [0.3, 0.4) is 0 Å². The lowest BCUT2D eigenvalue weighted by molar-refractivity contribution is -0.137. The Bertz CT molecular complexity index is 441. The topological polar surface area (TPSA) is 55.1 Å². The fraction of sp³-hybridized carbons (Fsp3) is 0.417. The number of nitrogens with one attached hydrogen (secondary N) is 1. The average Bonchev–Trinajstić information content (AvgIpc) is 2.27. The van der Waals surface area contributed by atoms with Gasteiger partial charge in [-0.25, -0.2) is 0 Å². The average molecular weight is 260 g/mol. The Morgan fingerprint density at radius 2 is 1.83 bits per heavy atom. The Kier molecular flexibility index (Phi) is 4.01. The van der Waals surface area contributed by atoms with Crippen LogP contribution in [-0.4, -0.2) is 18.0 Å². The first-order chi connectivity index (χ1) is 8.17. The number of rotatable bonds is 3. The fourth-order valence-electron chi connectivity index (χ4n) is 1.35. The maximum absolute atomic E-state index is 12.7. The summed E-state index contributed by atoms with van der Waals surface area (Å²) in [6.45, 7) is 3.41. The van der Waals surface area contributed by atoms with E-state index in [0.717, 1.165) is 12.1 Å². The first kappa shape index (κ1) is 14.5. The number of carbonyl (C=O) groups is 1. The van der Waals surface area contributed by atoms with Crippen molar-refractivity contribution in [2.75, 3.05) is 6.54 Å². The zero-order valence-electron chi connectivity index (χ0n) is 10.1. The Morgan fingerprint density at radius 3 is 2.33 bits per heavy atom. The molecule has 0 saturated carbocycles. The van der Waals surface area contributed by atoms with Gasteiger partial charge in [-0.3, -0.25) is 4.79 Å². The SMILES string of the molecule is CC(C)(CN)NC(=O)c1ccccc1C(F)(F)F. The normalized spacial score (nSPS) is 12.3. The molecular weight excluding hydrogens is 245 g/mol. The van der Waals surface area contributed by atoms with Gasteiger partial charge in [-0.2, -0.15) is 13.2 Å². The highest BCUT2D eigenvalue weighted by Gasteiger charge is 2.35. The highest BCUT2D eigenvalue weighted by molar-refractivity contribution is 5.96. The monoisotopic (exact) mass is 260 g/mol. The van der Waals surface area contributed by atoms with Crippen molar-refractivity contribution in [2.45, 2.75) is 25.6 Å². The van der Waals surface area contributed by atoms with Gasteiger partial charge in [0, 0.05) is 12.1 Å². The van der Waals surface area contributed by atoms with Crippen LogP contribution in [0.15, 0.2) is 24.3 Å². The molecule has 100 valence electrons. The van der Waals surface area contributed by atoms with Gasteiger partial charge >= 0.3 is 6.18 Å². The van der Waals surface area contributed by atoms with Crippen LogP contribution < -0.4 is 11.1 Å². The Hall–Kier alpha value is -1.56. The molecule has 1 rings (SSSR count). The second kappa shape index (κ2) is 4.97. The van der Waals surface area contributed by atoms with E-state index in [9.17, 15) is 18.0 Å². The lowest BCUT2D eigenvalue weighted by Crippen LogP contribution is -2.49. The Morgan fingerprint density at radius 1 is 1.28 bits per heavy atom. The quantitative estimate of drug-likeness (QED) is 0.875. The lowest BCUT2D eigenvalue weighted by atomic mass is 10.0. The van der Waals surface area contributed by atoms with E-state index in [1.54, 1.807) is 13.8 Å². The zero-order valence-corrected chi connectivity index (χ0v) is 10.1. The van der Waals surface area contributed by atoms with Crippen molar-refractivity contribution >= 4 is 5.91 Å². The third kappa shape index (κ3) is 3.46. The van der Waals surface area contributed by atoms with Crippen LogP contribution in [0.4, 0.5) is 13.2 Å². The number of carbonyl (C=O) groups excluding carboxylic acids is 1. The maximum atomic E-state index is 12.7. The minimum atomic E-state index is -4.55. The van der Waals surface area contributed by atoms with Crippen LogP contribution in [0.1, 0.15) is 29.8 Å². The summed E-state index contributed by atoms with van der Waals surface area (Å²) in [5.74, 6) is -0.779. The third-order valence-corrected chi connectivity index (χ3v) is 2.44. The van der Waals surface area contributed by atoms with E-state index >= 15 is 0 Å². The van der Waals surface area contributed by atoms with Gasteiger partial charge in [-0.15, -0.1) is 0 Å². The molecule has 0 radical (unpaired) electrons. The summed E-state index contributed by atoms with van der Waals surface area (Å²) in [6, 6.07) is 4.66. The highest BCUT2D eigenvalue weighted by atomic mass is 19.4. The van der Waals surface area contributed by atoms with Gasteiger partial charge in [0.05, 0.1) is 11.1 Å². The summed E-state index contributed by atoms with van der Waals surface area (Å²) in [5.41, 5.74) is 3.32.